The molecule has 0 heterocycles. The molecule has 1 atom stereocenters. The van der Waals surface area contributed by atoms with E-state index in [-0.39, 0.29) is 0 Å². The second-order valence-corrected chi connectivity index (χ2v) is 10.0. The van der Waals surface area contributed by atoms with Crippen molar-refractivity contribution in [2.75, 3.05) is 7.05 Å². The molecular formula is C15H32N2O3S. The molecule has 0 aromatic carbocycles. The van der Waals surface area contributed by atoms with Crippen LogP contribution in [0.25, 0.3) is 0 Å². The number of ether oxygens (including phenoxy) is 1. The van der Waals surface area contributed by atoms with Crippen molar-refractivity contribution in [3.8, 4) is 0 Å². The normalized spacial score (nSPS) is 15.0. The van der Waals surface area contributed by atoms with Crippen molar-refractivity contribution < 1.29 is 14.1 Å². The van der Waals surface area contributed by atoms with Crippen molar-refractivity contribution in [2.45, 2.75) is 84.6 Å². The van der Waals surface area contributed by atoms with Crippen LogP contribution in [0.2, 0.25) is 0 Å². The van der Waals surface area contributed by atoms with Crippen molar-refractivity contribution in [3.05, 3.63) is 0 Å². The Labute approximate surface area is 133 Å². The van der Waals surface area contributed by atoms with Gasteiger partial charge in [0.2, 0.25) is 0 Å². The summed E-state index contributed by atoms with van der Waals surface area (Å²) in [6.45, 7) is 17.0. The zero-order valence-corrected chi connectivity index (χ0v) is 16.1. The van der Waals surface area contributed by atoms with E-state index >= 15 is 0 Å². The molecule has 0 N–H and O–H groups in total. The molecule has 5 nitrogen and oxygen atoms in total. The lowest BCUT2D eigenvalue weighted by Crippen LogP contribution is -2.60. The Balaban J connectivity index is 5.50. The summed E-state index contributed by atoms with van der Waals surface area (Å²) < 4.78 is 19.1. The average molecular weight is 320 g/mol. The number of amides is 1. The molecule has 0 aliphatic heterocycles. The van der Waals surface area contributed by atoms with Crippen LogP contribution in [-0.4, -0.2) is 43.0 Å². The van der Waals surface area contributed by atoms with Crippen LogP contribution < -0.4 is 0 Å². The summed E-state index contributed by atoms with van der Waals surface area (Å²) in [5.74, 6) is 0. The molecule has 0 saturated carbocycles. The lowest BCUT2D eigenvalue weighted by molar-refractivity contribution is -0.0503. The molecule has 0 bridgehead atoms. The first kappa shape index (κ1) is 20.5. The summed E-state index contributed by atoms with van der Waals surface area (Å²) in [5, 5.41) is 1.47. The third-order valence-corrected chi connectivity index (χ3v) is 4.74. The van der Waals surface area contributed by atoms with Crippen LogP contribution in [0.4, 0.5) is 4.79 Å². The minimum absolute atomic E-state index is 0.459. The molecule has 0 rings (SSSR count). The summed E-state index contributed by atoms with van der Waals surface area (Å²) in [6, 6.07) is 0. The molecule has 126 valence electrons. The van der Waals surface area contributed by atoms with Crippen LogP contribution in [0, 0.1) is 0 Å². The molecule has 0 aliphatic rings. The first-order valence-corrected chi connectivity index (χ1v) is 8.43. The summed E-state index contributed by atoms with van der Waals surface area (Å²) in [7, 11) is 1.67. The van der Waals surface area contributed by atoms with Gasteiger partial charge in [0, 0.05) is 0 Å². The summed E-state index contributed by atoms with van der Waals surface area (Å²) in [6.07, 6.45) is 0.243. The highest BCUT2D eigenvalue weighted by Gasteiger charge is 2.44. The van der Waals surface area contributed by atoms with Gasteiger partial charge >= 0.3 is 6.09 Å². The van der Waals surface area contributed by atoms with Gasteiger partial charge in [-0.3, -0.25) is 0 Å². The molecule has 0 fully saturated rings. The zero-order chi connectivity index (χ0) is 17.2. The van der Waals surface area contributed by atoms with Gasteiger partial charge in [-0.25, -0.2) is 4.79 Å². The van der Waals surface area contributed by atoms with E-state index < -0.39 is 33.3 Å². The third-order valence-electron chi connectivity index (χ3n) is 3.05. The molecule has 0 aliphatic carbocycles. The Morgan fingerprint density at radius 2 is 1.52 bits per heavy atom. The van der Waals surface area contributed by atoms with Gasteiger partial charge < -0.3 is 9.29 Å². The lowest BCUT2D eigenvalue weighted by Gasteiger charge is -2.44. The molecule has 21 heavy (non-hydrogen) atoms. The van der Waals surface area contributed by atoms with E-state index in [1.54, 1.807) is 7.05 Å². The number of rotatable bonds is 4. The fraction of sp³-hybridized carbons (Fsp3) is 0.933. The Bertz CT molecular complexity index is 359. The van der Waals surface area contributed by atoms with Gasteiger partial charge in [-0.1, -0.05) is 6.92 Å². The monoisotopic (exact) mass is 320 g/mol. The molecular weight excluding hydrogens is 288 g/mol. The van der Waals surface area contributed by atoms with E-state index in [0.717, 1.165) is 6.42 Å². The number of hydrazine groups is 1. The zero-order valence-electron chi connectivity index (χ0n) is 15.2. The largest absolute Gasteiger partial charge is 0.596 e. The Morgan fingerprint density at radius 3 is 1.81 bits per heavy atom. The fourth-order valence-electron chi connectivity index (χ4n) is 1.67. The van der Waals surface area contributed by atoms with Gasteiger partial charge in [-0.2, -0.15) is 5.01 Å². The number of carbonyl (C=O) groups excluding carboxylic acids is 1. The van der Waals surface area contributed by atoms with Crippen LogP contribution in [0.5, 0.6) is 0 Å². The van der Waals surface area contributed by atoms with Crippen LogP contribution in [0.1, 0.15) is 68.7 Å². The second-order valence-electron chi connectivity index (χ2n) is 7.78. The van der Waals surface area contributed by atoms with Crippen molar-refractivity contribution in [1.29, 1.82) is 0 Å². The molecule has 0 spiro atoms. The first-order chi connectivity index (χ1) is 9.13. The van der Waals surface area contributed by atoms with Gasteiger partial charge in [0.1, 0.15) is 10.3 Å². The van der Waals surface area contributed by atoms with E-state index in [1.165, 1.54) is 9.42 Å². The molecule has 0 aromatic rings. The smallest absolute Gasteiger partial charge is 0.428 e. The maximum Gasteiger partial charge on any atom is 0.428 e. The Morgan fingerprint density at radius 1 is 1.10 bits per heavy atom. The first-order valence-electron chi connectivity index (χ1n) is 7.32. The minimum Gasteiger partial charge on any atom is -0.596 e. The number of hydrogen-bond donors (Lipinski definition) is 0. The van der Waals surface area contributed by atoms with Crippen LogP contribution in [0.15, 0.2) is 0 Å². The van der Waals surface area contributed by atoms with Gasteiger partial charge in [-0.15, -0.1) is 0 Å². The van der Waals surface area contributed by atoms with E-state index in [1.807, 2.05) is 62.3 Å². The number of nitrogens with zero attached hydrogens (tertiary/aromatic N) is 2. The standard InChI is InChI=1S/C15H32N2O3S/c1-11-15(8,9)17(12(18)20-13(2,3)4)16(10)21(19)14(5,6)7/h11H2,1-10H3. The predicted octanol–water partition coefficient (Wildman–Crippen LogP) is 3.72. The molecule has 0 radical (unpaired) electrons. The van der Waals surface area contributed by atoms with Crippen LogP contribution >= 0.6 is 0 Å². The van der Waals surface area contributed by atoms with Crippen molar-refractivity contribution >= 4 is 17.5 Å². The van der Waals surface area contributed by atoms with Gasteiger partial charge in [0.25, 0.3) is 0 Å². The van der Waals surface area contributed by atoms with Crippen LogP contribution in [0.3, 0.4) is 0 Å². The lowest BCUT2D eigenvalue weighted by atomic mass is 10.0. The predicted molar refractivity (Wildman–Crippen MR) is 88.1 cm³/mol. The SMILES string of the molecule is CCC(C)(C)N(C(=O)OC(C)(C)C)N(C)[S+]([O-])C(C)(C)C. The van der Waals surface area contributed by atoms with E-state index in [0.29, 0.717) is 0 Å². The quantitative estimate of drug-likeness (QED) is 0.585. The van der Waals surface area contributed by atoms with E-state index in [9.17, 15) is 9.35 Å². The van der Waals surface area contributed by atoms with Crippen LogP contribution in [-0.2, 0) is 16.1 Å². The van der Waals surface area contributed by atoms with Crippen molar-refractivity contribution in [1.82, 2.24) is 9.42 Å². The van der Waals surface area contributed by atoms with Crippen molar-refractivity contribution in [3.63, 3.8) is 0 Å². The highest BCUT2D eigenvalue weighted by atomic mass is 32.2. The Hall–Kier alpha value is -0.460. The summed E-state index contributed by atoms with van der Waals surface area (Å²) >= 11 is -1.35. The molecule has 1 amide bonds. The minimum atomic E-state index is -1.35. The molecule has 6 heteroatoms. The summed E-state index contributed by atoms with van der Waals surface area (Å²) in [5.41, 5.74) is -1.08. The maximum absolute atomic E-state index is 12.6. The molecule has 0 saturated heterocycles. The summed E-state index contributed by atoms with van der Waals surface area (Å²) in [4.78, 5) is 12.6. The number of hydrogen-bond acceptors (Lipinski definition) is 4. The van der Waals surface area contributed by atoms with Gasteiger partial charge in [-0.05, 0) is 66.2 Å². The van der Waals surface area contributed by atoms with Gasteiger partial charge in [0.15, 0.2) is 0 Å². The average Bonchev–Trinajstić information content (AvgIpc) is 2.23. The number of carbonyl (C=O) groups is 1. The highest BCUT2D eigenvalue weighted by Crippen LogP contribution is 2.29. The molecule has 1 unspecified atom stereocenters. The highest BCUT2D eigenvalue weighted by molar-refractivity contribution is 7.90. The topological polar surface area (TPSA) is 55.8 Å². The Kier molecular flexibility index (Phi) is 6.60. The maximum atomic E-state index is 12.6. The van der Waals surface area contributed by atoms with E-state index in [2.05, 4.69) is 0 Å². The molecule has 0 aromatic heterocycles. The third kappa shape index (κ3) is 6.04. The van der Waals surface area contributed by atoms with E-state index in [4.69, 9.17) is 4.74 Å². The second kappa shape index (κ2) is 6.75. The fourth-order valence-corrected chi connectivity index (χ4v) is 2.90. The van der Waals surface area contributed by atoms with Gasteiger partial charge in [0.05, 0.1) is 23.9 Å². The van der Waals surface area contributed by atoms with Crippen molar-refractivity contribution in [2.24, 2.45) is 0 Å².